The van der Waals surface area contributed by atoms with Crippen LogP contribution in [-0.2, 0) is 9.59 Å². The van der Waals surface area contributed by atoms with E-state index < -0.39 is 23.0 Å². The van der Waals surface area contributed by atoms with Gasteiger partial charge in [0.1, 0.15) is 22.0 Å². The zero-order chi connectivity index (χ0) is 37.2. The van der Waals surface area contributed by atoms with Crippen LogP contribution in [0.4, 0.5) is 16.4 Å². The number of rotatable bonds is 12. The fourth-order valence-corrected chi connectivity index (χ4v) is 7.95. The maximum absolute atomic E-state index is 14.0. The predicted octanol–water partition coefficient (Wildman–Crippen LogP) is 9.12. The van der Waals surface area contributed by atoms with E-state index in [0.717, 1.165) is 16.9 Å². The van der Waals surface area contributed by atoms with E-state index >= 15 is 0 Å². The zero-order valence-electron chi connectivity index (χ0n) is 28.2. The van der Waals surface area contributed by atoms with Crippen LogP contribution in [-0.4, -0.2) is 23.6 Å². The van der Waals surface area contributed by atoms with Crippen LogP contribution in [0.3, 0.4) is 0 Å². The van der Waals surface area contributed by atoms with Crippen LogP contribution in [0.5, 0.6) is 0 Å². The van der Waals surface area contributed by atoms with E-state index in [1.807, 2.05) is 71.4 Å². The van der Waals surface area contributed by atoms with Crippen LogP contribution < -0.4 is 21.3 Å². The molecule has 4 N–H and O–H groups in total. The van der Waals surface area contributed by atoms with Gasteiger partial charge in [-0.15, -0.1) is 23.1 Å². The van der Waals surface area contributed by atoms with Crippen LogP contribution in [0.2, 0.25) is 0 Å². The third-order valence-electron chi connectivity index (χ3n) is 7.80. The molecule has 9 nitrogen and oxygen atoms in total. The fourth-order valence-electron chi connectivity index (χ4n) is 5.19. The lowest BCUT2D eigenvalue weighted by Gasteiger charge is -2.17. The van der Waals surface area contributed by atoms with E-state index in [9.17, 15) is 24.4 Å². The Morgan fingerprint density at radius 1 is 0.774 bits per heavy atom. The Hall–Kier alpha value is -6.26. The number of nitrogens with one attached hydrogen (secondary N) is 4. The molecule has 1 unspecified atom stereocenters. The summed E-state index contributed by atoms with van der Waals surface area (Å²) >= 11 is 3.77. The number of benzene rings is 4. The summed E-state index contributed by atoms with van der Waals surface area (Å²) in [6, 6.07) is 37.8. The van der Waals surface area contributed by atoms with Gasteiger partial charge in [-0.05, 0) is 89.0 Å². The summed E-state index contributed by atoms with van der Waals surface area (Å²) in [5.41, 5.74) is 3.70. The number of nitriles is 1. The molecule has 0 radical (unpaired) electrons. The molecule has 262 valence electrons. The van der Waals surface area contributed by atoms with Gasteiger partial charge in [0.2, 0.25) is 5.91 Å². The molecule has 4 aromatic carbocycles. The van der Waals surface area contributed by atoms with Gasteiger partial charge in [-0.1, -0.05) is 72.8 Å². The van der Waals surface area contributed by atoms with Crippen LogP contribution in [0.1, 0.15) is 47.5 Å². The summed E-state index contributed by atoms with van der Waals surface area (Å²) in [7, 11) is 0. The largest absolute Gasteiger partial charge is 0.321 e. The second-order valence-electron chi connectivity index (χ2n) is 11.5. The number of carbonyl (C=O) groups excluding carboxylic acids is 4. The highest BCUT2D eigenvalue weighted by atomic mass is 32.2. The zero-order valence-corrected chi connectivity index (χ0v) is 30.6. The topological polar surface area (TPSA) is 140 Å². The highest BCUT2D eigenvalue weighted by Crippen LogP contribution is 2.39. The fraction of sp³-hybridized carbons (Fsp3) is 0.0488. The number of thiophene rings is 2. The molecule has 0 aliphatic heterocycles. The summed E-state index contributed by atoms with van der Waals surface area (Å²) in [6.45, 7) is 1.68. The lowest BCUT2D eigenvalue weighted by atomic mass is 10.1. The minimum Gasteiger partial charge on any atom is -0.321 e. The molecule has 0 aliphatic carbocycles. The molecule has 0 aliphatic rings. The molecule has 2 heterocycles. The van der Waals surface area contributed by atoms with Gasteiger partial charge in [0.15, 0.2) is 0 Å². The average molecular weight is 754 g/mol. The molecule has 6 rings (SSSR count). The molecule has 1 atom stereocenters. The Labute approximate surface area is 318 Å². The Bertz CT molecular complexity index is 2320. The second kappa shape index (κ2) is 17.3. The number of carbonyl (C=O) groups is 4. The first-order valence-corrected chi connectivity index (χ1v) is 18.9. The number of nitrogens with zero attached hydrogens (tertiary/aromatic N) is 1. The molecule has 6 aromatic rings. The van der Waals surface area contributed by atoms with Crippen LogP contribution in [0, 0.1) is 18.3 Å². The lowest BCUT2D eigenvalue weighted by molar-refractivity contribution is -0.116. The Balaban J connectivity index is 1.22. The highest BCUT2D eigenvalue weighted by molar-refractivity contribution is 8.00. The number of hydrogen-bond donors (Lipinski definition) is 4. The molecule has 0 spiro atoms. The van der Waals surface area contributed by atoms with E-state index in [4.69, 9.17) is 0 Å². The third-order valence-corrected chi connectivity index (χ3v) is 11.0. The van der Waals surface area contributed by atoms with Crippen molar-refractivity contribution in [2.45, 2.75) is 17.1 Å². The minimum absolute atomic E-state index is 0.0632. The molecular formula is C41H31N5O4S3. The number of thioether (sulfide) groups is 1. The number of amides is 4. The average Bonchev–Trinajstić information content (AvgIpc) is 3.81. The first-order chi connectivity index (χ1) is 25.8. The lowest BCUT2D eigenvalue weighted by Crippen LogP contribution is -2.30. The maximum atomic E-state index is 14.0. The maximum Gasteiger partial charge on any atom is 0.272 e. The Morgan fingerprint density at radius 3 is 2.13 bits per heavy atom. The normalized spacial score (nSPS) is 11.5. The van der Waals surface area contributed by atoms with Gasteiger partial charge >= 0.3 is 0 Å². The molecule has 0 bridgehead atoms. The summed E-state index contributed by atoms with van der Waals surface area (Å²) in [5, 5.41) is 24.6. The Morgan fingerprint density at radius 2 is 1.45 bits per heavy atom. The van der Waals surface area contributed by atoms with Crippen LogP contribution in [0.25, 0.3) is 6.08 Å². The van der Waals surface area contributed by atoms with Gasteiger partial charge in [0.25, 0.3) is 17.7 Å². The van der Waals surface area contributed by atoms with E-state index in [0.29, 0.717) is 37.8 Å². The van der Waals surface area contributed by atoms with Gasteiger partial charge in [0.05, 0.1) is 10.4 Å². The van der Waals surface area contributed by atoms with Crippen molar-refractivity contribution in [3.05, 3.63) is 170 Å². The molecule has 12 heteroatoms. The van der Waals surface area contributed by atoms with Crippen molar-refractivity contribution in [1.82, 2.24) is 5.32 Å². The smallest absolute Gasteiger partial charge is 0.272 e. The van der Waals surface area contributed by atoms with Gasteiger partial charge in [-0.25, -0.2) is 0 Å². The van der Waals surface area contributed by atoms with Crippen LogP contribution in [0.15, 0.2) is 143 Å². The summed E-state index contributed by atoms with van der Waals surface area (Å²) < 4.78 is 0. The first-order valence-electron chi connectivity index (χ1n) is 16.2. The van der Waals surface area contributed by atoms with Crippen molar-refractivity contribution in [1.29, 1.82) is 5.26 Å². The molecular weight excluding hydrogens is 723 g/mol. The Kier molecular flexibility index (Phi) is 11.9. The summed E-state index contributed by atoms with van der Waals surface area (Å²) in [6.07, 6.45) is 1.61. The molecule has 0 fully saturated rings. The molecule has 2 aromatic heterocycles. The van der Waals surface area contributed by atoms with Crippen molar-refractivity contribution in [2.75, 3.05) is 16.0 Å². The monoisotopic (exact) mass is 753 g/mol. The van der Waals surface area contributed by atoms with Gasteiger partial charge < -0.3 is 21.3 Å². The molecule has 53 heavy (non-hydrogen) atoms. The van der Waals surface area contributed by atoms with Gasteiger partial charge in [-0.2, -0.15) is 16.6 Å². The van der Waals surface area contributed by atoms with E-state index in [2.05, 4.69) is 27.3 Å². The SMILES string of the molecule is Cc1c(C(=O)Nc2ccccc2)sc(NC(=O)C(Sc2cccc(NC(=O)/C(=C/c3ccsc3)NC(=O)c3ccccc3)c2)c2ccccc2)c1C#N. The third kappa shape index (κ3) is 9.35. The second-order valence-corrected chi connectivity index (χ2v) is 14.5. The van der Waals surface area contributed by atoms with Crippen molar-refractivity contribution in [3.8, 4) is 6.07 Å². The summed E-state index contributed by atoms with van der Waals surface area (Å²) in [5.74, 6) is -1.72. The van der Waals surface area contributed by atoms with Crippen molar-refractivity contribution in [2.24, 2.45) is 0 Å². The van der Waals surface area contributed by atoms with Gasteiger partial charge in [0, 0.05) is 21.8 Å². The standard InChI is InChI=1S/C41H31N5O4S3/c1-26-33(24-42)41(53-35(26)39(49)43-30-16-9-4-10-17-30)46-40(50)36(28-12-5-2-6-13-28)52-32-19-11-18-31(23-32)44-38(48)34(22-27-20-21-51-25-27)45-37(47)29-14-7-3-8-15-29/h2-23,25,36H,1H3,(H,43,49)(H,44,48)(H,45,47)(H,46,50)/b34-22-. The van der Waals surface area contributed by atoms with Crippen LogP contribution >= 0.6 is 34.4 Å². The minimum atomic E-state index is -0.767. The molecule has 4 amide bonds. The number of anilines is 3. The predicted molar refractivity (Wildman–Crippen MR) is 213 cm³/mol. The molecule has 0 saturated carbocycles. The molecule has 0 saturated heterocycles. The summed E-state index contributed by atoms with van der Waals surface area (Å²) in [4.78, 5) is 54.8. The highest BCUT2D eigenvalue weighted by Gasteiger charge is 2.27. The quantitative estimate of drug-likeness (QED) is 0.0726. The van der Waals surface area contributed by atoms with E-state index in [1.165, 1.54) is 23.1 Å². The van der Waals surface area contributed by atoms with Gasteiger partial charge in [-0.3, -0.25) is 19.2 Å². The first kappa shape index (κ1) is 36.5. The van der Waals surface area contributed by atoms with Crippen molar-refractivity contribution in [3.63, 3.8) is 0 Å². The number of para-hydroxylation sites is 1. The van der Waals surface area contributed by atoms with Crippen molar-refractivity contribution < 1.29 is 19.2 Å². The van der Waals surface area contributed by atoms with E-state index in [-0.39, 0.29) is 22.2 Å². The number of hydrogen-bond acceptors (Lipinski definition) is 8. The van der Waals surface area contributed by atoms with E-state index in [1.54, 1.807) is 73.7 Å². The van der Waals surface area contributed by atoms with Crippen molar-refractivity contribution >= 4 is 80.5 Å².